The van der Waals surface area contributed by atoms with Crippen molar-refractivity contribution in [1.29, 1.82) is 0 Å². The SMILES string of the molecule is O=C(Nc1ccc(Br)cc1)c1ccc2ccccc2c1O. The average Bonchev–Trinajstić information content (AvgIpc) is 2.50. The van der Waals surface area contributed by atoms with Crippen LogP contribution in [0.1, 0.15) is 10.4 Å². The molecule has 0 spiro atoms. The van der Waals surface area contributed by atoms with Gasteiger partial charge in [0, 0.05) is 15.5 Å². The van der Waals surface area contributed by atoms with E-state index >= 15 is 0 Å². The van der Waals surface area contributed by atoms with Crippen molar-refractivity contribution in [3.63, 3.8) is 0 Å². The molecule has 0 saturated heterocycles. The molecule has 3 rings (SSSR count). The van der Waals surface area contributed by atoms with E-state index in [9.17, 15) is 9.90 Å². The van der Waals surface area contributed by atoms with Gasteiger partial charge >= 0.3 is 0 Å². The number of carbonyl (C=O) groups excluding carboxylic acids is 1. The number of hydrogen-bond donors (Lipinski definition) is 2. The fourth-order valence-electron chi connectivity index (χ4n) is 2.17. The molecule has 3 aromatic rings. The first-order valence-corrected chi connectivity index (χ1v) is 7.22. The van der Waals surface area contributed by atoms with Gasteiger partial charge in [-0.1, -0.05) is 46.3 Å². The number of anilines is 1. The van der Waals surface area contributed by atoms with Crippen LogP contribution in [0.25, 0.3) is 10.8 Å². The van der Waals surface area contributed by atoms with E-state index in [0.717, 1.165) is 9.86 Å². The van der Waals surface area contributed by atoms with Crippen LogP contribution in [0.3, 0.4) is 0 Å². The van der Waals surface area contributed by atoms with Gasteiger partial charge in [-0.15, -0.1) is 0 Å². The van der Waals surface area contributed by atoms with E-state index in [1.54, 1.807) is 24.3 Å². The number of amides is 1. The Kier molecular flexibility index (Phi) is 3.62. The molecule has 0 saturated carbocycles. The highest BCUT2D eigenvalue weighted by atomic mass is 79.9. The Morgan fingerprint density at radius 3 is 2.43 bits per heavy atom. The lowest BCUT2D eigenvalue weighted by Crippen LogP contribution is -2.12. The first-order chi connectivity index (χ1) is 10.1. The summed E-state index contributed by atoms with van der Waals surface area (Å²) >= 11 is 3.34. The maximum atomic E-state index is 12.3. The van der Waals surface area contributed by atoms with Gasteiger partial charge in [0.05, 0.1) is 5.56 Å². The minimum absolute atomic E-state index is 0.00251. The molecule has 0 aliphatic rings. The van der Waals surface area contributed by atoms with E-state index in [4.69, 9.17) is 0 Å². The number of rotatable bonds is 2. The van der Waals surface area contributed by atoms with Crippen molar-refractivity contribution in [3.8, 4) is 5.75 Å². The number of fused-ring (bicyclic) bond motifs is 1. The molecular weight excluding hydrogens is 330 g/mol. The highest BCUT2D eigenvalue weighted by Crippen LogP contribution is 2.29. The predicted molar refractivity (Wildman–Crippen MR) is 87.7 cm³/mol. The zero-order chi connectivity index (χ0) is 14.8. The fourth-order valence-corrected chi connectivity index (χ4v) is 2.43. The summed E-state index contributed by atoms with van der Waals surface area (Å²) in [7, 11) is 0. The number of phenols is 1. The molecule has 0 aliphatic heterocycles. The summed E-state index contributed by atoms with van der Waals surface area (Å²) in [6, 6.07) is 18.1. The molecule has 0 fully saturated rings. The predicted octanol–water partition coefficient (Wildman–Crippen LogP) is 4.56. The Labute approximate surface area is 130 Å². The molecule has 2 N–H and O–H groups in total. The molecule has 0 aliphatic carbocycles. The third-order valence-corrected chi connectivity index (χ3v) is 3.78. The zero-order valence-corrected chi connectivity index (χ0v) is 12.6. The number of aromatic hydroxyl groups is 1. The molecule has 0 radical (unpaired) electrons. The molecule has 0 bridgehead atoms. The van der Waals surface area contributed by atoms with Crippen molar-refractivity contribution < 1.29 is 9.90 Å². The maximum Gasteiger partial charge on any atom is 0.259 e. The smallest absolute Gasteiger partial charge is 0.259 e. The van der Waals surface area contributed by atoms with Crippen LogP contribution in [0.4, 0.5) is 5.69 Å². The molecule has 0 heterocycles. The van der Waals surface area contributed by atoms with Crippen molar-refractivity contribution in [3.05, 3.63) is 70.7 Å². The molecule has 3 aromatic carbocycles. The van der Waals surface area contributed by atoms with E-state index in [0.29, 0.717) is 11.1 Å². The Morgan fingerprint density at radius 2 is 1.67 bits per heavy atom. The van der Waals surface area contributed by atoms with Crippen LogP contribution < -0.4 is 5.32 Å². The number of hydrogen-bond acceptors (Lipinski definition) is 2. The average molecular weight is 342 g/mol. The Bertz CT molecular complexity index is 813. The van der Waals surface area contributed by atoms with E-state index < -0.39 is 0 Å². The monoisotopic (exact) mass is 341 g/mol. The summed E-state index contributed by atoms with van der Waals surface area (Å²) in [5.74, 6) is -0.330. The molecule has 4 heteroatoms. The second kappa shape index (κ2) is 5.58. The van der Waals surface area contributed by atoms with Crippen LogP contribution in [0.15, 0.2) is 65.1 Å². The van der Waals surface area contributed by atoms with Gasteiger partial charge in [-0.25, -0.2) is 0 Å². The summed E-state index contributed by atoms with van der Waals surface area (Å²) < 4.78 is 0.939. The van der Waals surface area contributed by atoms with Crippen LogP contribution >= 0.6 is 15.9 Å². The van der Waals surface area contributed by atoms with Crippen LogP contribution in [-0.4, -0.2) is 11.0 Å². The van der Waals surface area contributed by atoms with Gasteiger partial charge in [0.1, 0.15) is 5.75 Å². The van der Waals surface area contributed by atoms with Crippen molar-refractivity contribution >= 4 is 38.3 Å². The fraction of sp³-hybridized carbons (Fsp3) is 0. The lowest BCUT2D eigenvalue weighted by molar-refractivity contribution is 0.102. The minimum Gasteiger partial charge on any atom is -0.506 e. The normalized spacial score (nSPS) is 10.5. The molecule has 0 aromatic heterocycles. The molecule has 1 amide bonds. The number of carbonyl (C=O) groups is 1. The molecular formula is C17H12BrNO2. The standard InChI is InChI=1S/C17H12BrNO2/c18-12-6-8-13(9-7-12)19-17(21)15-10-5-11-3-1-2-4-14(11)16(15)20/h1-10,20H,(H,19,21). The van der Waals surface area contributed by atoms with Gasteiger partial charge in [0.25, 0.3) is 5.91 Å². The van der Waals surface area contributed by atoms with E-state index in [-0.39, 0.29) is 17.2 Å². The summed E-state index contributed by atoms with van der Waals surface area (Å²) in [6.45, 7) is 0. The largest absolute Gasteiger partial charge is 0.506 e. The first kappa shape index (κ1) is 13.6. The number of phenolic OH excluding ortho intramolecular Hbond substituents is 1. The van der Waals surface area contributed by atoms with Gasteiger partial charge in [0.2, 0.25) is 0 Å². The summed E-state index contributed by atoms with van der Waals surface area (Å²) in [6.07, 6.45) is 0. The number of benzene rings is 3. The van der Waals surface area contributed by atoms with Crippen LogP contribution in [-0.2, 0) is 0 Å². The highest BCUT2D eigenvalue weighted by Gasteiger charge is 2.13. The molecule has 104 valence electrons. The van der Waals surface area contributed by atoms with Gasteiger partial charge in [-0.05, 0) is 35.7 Å². The lowest BCUT2D eigenvalue weighted by Gasteiger charge is -2.09. The van der Waals surface area contributed by atoms with E-state index in [1.165, 1.54) is 0 Å². The van der Waals surface area contributed by atoms with Crippen LogP contribution in [0, 0.1) is 0 Å². The van der Waals surface area contributed by atoms with Crippen molar-refractivity contribution in [1.82, 2.24) is 0 Å². The molecule has 21 heavy (non-hydrogen) atoms. The number of halogens is 1. The van der Waals surface area contributed by atoms with E-state index in [1.807, 2.05) is 36.4 Å². The van der Waals surface area contributed by atoms with Crippen LogP contribution in [0.2, 0.25) is 0 Å². The Morgan fingerprint density at radius 1 is 0.952 bits per heavy atom. The van der Waals surface area contributed by atoms with Crippen molar-refractivity contribution in [2.24, 2.45) is 0 Å². The Hall–Kier alpha value is -2.33. The van der Waals surface area contributed by atoms with Gasteiger partial charge < -0.3 is 10.4 Å². The van der Waals surface area contributed by atoms with E-state index in [2.05, 4.69) is 21.2 Å². The first-order valence-electron chi connectivity index (χ1n) is 6.43. The van der Waals surface area contributed by atoms with Crippen LogP contribution in [0.5, 0.6) is 5.75 Å². The summed E-state index contributed by atoms with van der Waals surface area (Å²) in [5, 5.41) is 14.6. The molecule has 3 nitrogen and oxygen atoms in total. The van der Waals surface area contributed by atoms with Gasteiger partial charge in [-0.3, -0.25) is 4.79 Å². The van der Waals surface area contributed by atoms with Gasteiger partial charge in [0.15, 0.2) is 0 Å². The summed E-state index contributed by atoms with van der Waals surface area (Å²) in [5.41, 5.74) is 0.937. The molecule has 0 unspecified atom stereocenters. The third kappa shape index (κ3) is 2.76. The van der Waals surface area contributed by atoms with Crippen molar-refractivity contribution in [2.45, 2.75) is 0 Å². The van der Waals surface area contributed by atoms with Crippen molar-refractivity contribution in [2.75, 3.05) is 5.32 Å². The minimum atomic E-state index is -0.333. The molecule has 0 atom stereocenters. The summed E-state index contributed by atoms with van der Waals surface area (Å²) in [4.78, 5) is 12.3. The lowest BCUT2D eigenvalue weighted by atomic mass is 10.0. The second-order valence-electron chi connectivity index (χ2n) is 4.64. The quantitative estimate of drug-likeness (QED) is 0.717. The second-order valence-corrected chi connectivity index (χ2v) is 5.56. The van der Waals surface area contributed by atoms with Gasteiger partial charge in [-0.2, -0.15) is 0 Å². The zero-order valence-electron chi connectivity index (χ0n) is 11.0. The highest BCUT2D eigenvalue weighted by molar-refractivity contribution is 9.10. The third-order valence-electron chi connectivity index (χ3n) is 3.25. The maximum absolute atomic E-state index is 12.3. The Balaban J connectivity index is 1.94. The topological polar surface area (TPSA) is 49.3 Å². The number of nitrogens with one attached hydrogen (secondary N) is 1.